The van der Waals surface area contributed by atoms with Gasteiger partial charge < -0.3 is 0 Å². The Morgan fingerprint density at radius 1 is 1.12 bits per heavy atom. The summed E-state index contributed by atoms with van der Waals surface area (Å²) in [5.41, 5.74) is 2.39. The summed E-state index contributed by atoms with van der Waals surface area (Å²) in [6, 6.07) is -0.181. The van der Waals surface area contributed by atoms with Crippen molar-refractivity contribution in [1.29, 1.82) is 0 Å². The molecule has 5 heteroatoms. The fourth-order valence-electron chi connectivity index (χ4n) is 1.85. The number of hydrogen-bond acceptors (Lipinski definition) is 2. The van der Waals surface area contributed by atoms with Crippen LogP contribution in [0.3, 0.4) is 0 Å². The lowest BCUT2D eigenvalue weighted by atomic mass is 9.86. The zero-order valence-corrected chi connectivity index (χ0v) is 10.0. The largest absolute Gasteiger partial charge is 0.391 e. The van der Waals surface area contributed by atoms with Crippen LogP contribution in [0.4, 0.5) is 13.2 Å². The summed E-state index contributed by atoms with van der Waals surface area (Å²) in [5.74, 6) is -1.18. The summed E-state index contributed by atoms with van der Waals surface area (Å²) in [4.78, 5) is 5.31. The fourth-order valence-corrected chi connectivity index (χ4v) is 1.85. The molecule has 1 fully saturated rings. The van der Waals surface area contributed by atoms with Gasteiger partial charge in [0.15, 0.2) is 0 Å². The van der Waals surface area contributed by atoms with Gasteiger partial charge in [0.1, 0.15) is 0 Å². The minimum Gasteiger partial charge on any atom is -0.296 e. The molecule has 2 unspecified atom stereocenters. The molecule has 96 valence electrons. The maximum absolute atomic E-state index is 12.5. The van der Waals surface area contributed by atoms with Crippen LogP contribution in [0.5, 0.6) is 0 Å². The molecule has 0 aromatic carbocycles. The van der Waals surface area contributed by atoms with Gasteiger partial charge in [-0.15, -0.1) is 0 Å². The molecular formula is C11H20F3NO. The van der Waals surface area contributed by atoms with Gasteiger partial charge in [-0.05, 0) is 40.0 Å². The van der Waals surface area contributed by atoms with Gasteiger partial charge in [0.25, 0.3) is 0 Å². The number of rotatable bonds is 2. The summed E-state index contributed by atoms with van der Waals surface area (Å²) in [5, 5.41) is 0. The van der Waals surface area contributed by atoms with E-state index in [0.29, 0.717) is 6.42 Å². The average Bonchev–Trinajstić information content (AvgIpc) is 2.13. The molecule has 1 aliphatic carbocycles. The zero-order valence-electron chi connectivity index (χ0n) is 10.0. The van der Waals surface area contributed by atoms with Crippen LogP contribution in [-0.4, -0.2) is 17.8 Å². The van der Waals surface area contributed by atoms with E-state index in [1.54, 1.807) is 0 Å². The molecule has 16 heavy (non-hydrogen) atoms. The first-order valence-electron chi connectivity index (χ1n) is 5.69. The minimum atomic E-state index is -4.07. The highest BCUT2D eigenvalue weighted by Gasteiger charge is 2.42. The Morgan fingerprint density at radius 2 is 1.75 bits per heavy atom. The van der Waals surface area contributed by atoms with Gasteiger partial charge in [-0.1, -0.05) is 6.42 Å². The first kappa shape index (κ1) is 13.8. The summed E-state index contributed by atoms with van der Waals surface area (Å²) in [7, 11) is 0. The second-order valence-electron chi connectivity index (χ2n) is 5.43. The standard InChI is InChI=1S/C11H20F3NO/c1-10(2,3)16-15-9-6-4-5-8(7-9)11(12,13)14/h8-9,15H,4-7H2,1-3H3. The van der Waals surface area contributed by atoms with Crippen LogP contribution < -0.4 is 5.48 Å². The van der Waals surface area contributed by atoms with E-state index in [2.05, 4.69) is 5.48 Å². The molecule has 2 nitrogen and oxygen atoms in total. The highest BCUT2D eigenvalue weighted by Crippen LogP contribution is 2.37. The van der Waals surface area contributed by atoms with Crippen molar-refractivity contribution in [1.82, 2.24) is 5.48 Å². The molecule has 0 aromatic rings. The third kappa shape index (κ3) is 4.70. The summed E-state index contributed by atoms with van der Waals surface area (Å²) in [6.07, 6.45) is -2.34. The van der Waals surface area contributed by atoms with Crippen LogP contribution in [0.2, 0.25) is 0 Å². The van der Waals surface area contributed by atoms with Crippen molar-refractivity contribution < 1.29 is 18.0 Å². The van der Waals surface area contributed by atoms with Crippen LogP contribution in [0.1, 0.15) is 46.5 Å². The highest BCUT2D eigenvalue weighted by molar-refractivity contribution is 4.80. The second-order valence-corrected chi connectivity index (χ2v) is 5.43. The fraction of sp³-hybridized carbons (Fsp3) is 1.00. The van der Waals surface area contributed by atoms with Crippen LogP contribution in [-0.2, 0) is 4.84 Å². The third-order valence-electron chi connectivity index (χ3n) is 2.67. The number of nitrogens with one attached hydrogen (secondary N) is 1. The van der Waals surface area contributed by atoms with Crippen LogP contribution >= 0.6 is 0 Å². The van der Waals surface area contributed by atoms with Crippen molar-refractivity contribution in [2.75, 3.05) is 0 Å². The first-order chi connectivity index (χ1) is 7.18. The number of alkyl halides is 3. The summed E-state index contributed by atoms with van der Waals surface area (Å²) < 4.78 is 37.6. The average molecular weight is 239 g/mol. The zero-order chi connectivity index (χ0) is 12.4. The van der Waals surface area contributed by atoms with Gasteiger partial charge in [0, 0.05) is 6.04 Å². The summed E-state index contributed by atoms with van der Waals surface area (Å²) in [6.45, 7) is 5.60. The second kappa shape index (κ2) is 4.92. The summed E-state index contributed by atoms with van der Waals surface area (Å²) >= 11 is 0. The van der Waals surface area contributed by atoms with Gasteiger partial charge in [-0.2, -0.15) is 18.7 Å². The lowest BCUT2D eigenvalue weighted by molar-refractivity contribution is -0.189. The predicted molar refractivity (Wildman–Crippen MR) is 55.8 cm³/mol. The molecule has 0 saturated heterocycles. The molecule has 1 saturated carbocycles. The Kier molecular flexibility index (Phi) is 4.23. The van der Waals surface area contributed by atoms with Crippen LogP contribution in [0.15, 0.2) is 0 Å². The van der Waals surface area contributed by atoms with Crippen LogP contribution in [0.25, 0.3) is 0 Å². The van der Waals surface area contributed by atoms with E-state index in [1.807, 2.05) is 20.8 Å². The van der Waals surface area contributed by atoms with E-state index in [1.165, 1.54) is 0 Å². The molecule has 1 aliphatic rings. The molecule has 0 heterocycles. The quantitative estimate of drug-likeness (QED) is 0.745. The lowest BCUT2D eigenvalue weighted by Gasteiger charge is -2.32. The van der Waals surface area contributed by atoms with Crippen LogP contribution in [0, 0.1) is 5.92 Å². The van der Waals surface area contributed by atoms with Crippen molar-refractivity contribution in [3.05, 3.63) is 0 Å². The topological polar surface area (TPSA) is 21.3 Å². The number of hydrogen-bond donors (Lipinski definition) is 1. The van der Waals surface area contributed by atoms with Crippen molar-refractivity contribution in [3.63, 3.8) is 0 Å². The van der Waals surface area contributed by atoms with E-state index in [9.17, 15) is 13.2 Å². The molecule has 1 N–H and O–H groups in total. The maximum atomic E-state index is 12.5. The van der Waals surface area contributed by atoms with E-state index >= 15 is 0 Å². The predicted octanol–water partition coefficient (Wildman–Crippen LogP) is 3.43. The number of halogens is 3. The van der Waals surface area contributed by atoms with Crippen molar-refractivity contribution >= 4 is 0 Å². The van der Waals surface area contributed by atoms with E-state index in [-0.39, 0.29) is 24.5 Å². The molecule has 0 radical (unpaired) electrons. The Labute approximate surface area is 94.5 Å². The van der Waals surface area contributed by atoms with Gasteiger partial charge >= 0.3 is 6.18 Å². The van der Waals surface area contributed by atoms with Crippen molar-refractivity contribution in [3.8, 4) is 0 Å². The van der Waals surface area contributed by atoms with Gasteiger partial charge in [-0.3, -0.25) is 4.84 Å². The SMILES string of the molecule is CC(C)(C)ONC1CCCC(C(F)(F)F)C1. The monoisotopic (exact) mass is 239 g/mol. The molecular weight excluding hydrogens is 219 g/mol. The first-order valence-corrected chi connectivity index (χ1v) is 5.69. The van der Waals surface area contributed by atoms with Crippen molar-refractivity contribution in [2.24, 2.45) is 5.92 Å². The van der Waals surface area contributed by atoms with E-state index < -0.39 is 12.1 Å². The molecule has 0 aromatic heterocycles. The van der Waals surface area contributed by atoms with Gasteiger partial charge in [0.05, 0.1) is 11.5 Å². The number of hydroxylamine groups is 1. The van der Waals surface area contributed by atoms with E-state index in [4.69, 9.17) is 4.84 Å². The normalized spacial score (nSPS) is 28.1. The van der Waals surface area contributed by atoms with Crippen molar-refractivity contribution in [2.45, 2.75) is 64.3 Å². The Bertz CT molecular complexity index is 222. The molecule has 0 aliphatic heterocycles. The molecule has 1 rings (SSSR count). The van der Waals surface area contributed by atoms with Gasteiger partial charge in [0.2, 0.25) is 0 Å². The molecule has 0 spiro atoms. The highest BCUT2D eigenvalue weighted by atomic mass is 19.4. The minimum absolute atomic E-state index is 0.125. The molecule has 0 amide bonds. The lowest BCUT2D eigenvalue weighted by Crippen LogP contribution is -2.42. The Hall–Kier alpha value is -0.290. The van der Waals surface area contributed by atoms with Gasteiger partial charge in [-0.25, -0.2) is 0 Å². The maximum Gasteiger partial charge on any atom is 0.391 e. The smallest absolute Gasteiger partial charge is 0.296 e. The molecule has 2 atom stereocenters. The Morgan fingerprint density at radius 3 is 2.25 bits per heavy atom. The van der Waals surface area contributed by atoms with E-state index in [0.717, 1.165) is 6.42 Å². The molecule has 0 bridgehead atoms. The third-order valence-corrected chi connectivity index (χ3v) is 2.67. The Balaban J connectivity index is 2.39.